The molecule has 0 bridgehead atoms. The van der Waals surface area contributed by atoms with Gasteiger partial charge in [0.05, 0.1) is 17.0 Å². The van der Waals surface area contributed by atoms with Crippen LogP contribution in [0.3, 0.4) is 0 Å². The zero-order valence-electron chi connectivity index (χ0n) is 11.6. The molecule has 1 amide bonds. The third-order valence-corrected chi connectivity index (χ3v) is 5.24. The molecular weight excluding hydrogens is 308 g/mol. The van der Waals surface area contributed by atoms with Gasteiger partial charge in [0.1, 0.15) is 0 Å². The summed E-state index contributed by atoms with van der Waals surface area (Å²) in [7, 11) is -3.16. The number of nitrogens with zero attached hydrogens (tertiary/aromatic N) is 1. The minimum atomic E-state index is -3.16. The molecule has 0 aliphatic heterocycles. The predicted molar refractivity (Wildman–Crippen MR) is 84.1 cm³/mol. The van der Waals surface area contributed by atoms with E-state index in [9.17, 15) is 13.2 Å². The fraction of sp³-hybridized carbons (Fsp3) is 0.286. The van der Waals surface area contributed by atoms with Gasteiger partial charge in [-0.25, -0.2) is 8.42 Å². The molecule has 0 aliphatic carbocycles. The van der Waals surface area contributed by atoms with Gasteiger partial charge in [0, 0.05) is 23.7 Å². The summed E-state index contributed by atoms with van der Waals surface area (Å²) >= 11 is 1.46. The van der Waals surface area contributed by atoms with E-state index in [0.29, 0.717) is 17.7 Å². The number of amides is 1. The van der Waals surface area contributed by atoms with Crippen LogP contribution in [0.25, 0.3) is 0 Å². The molecule has 2 aromatic rings. The summed E-state index contributed by atoms with van der Waals surface area (Å²) in [6.07, 6.45) is 2.19. The van der Waals surface area contributed by atoms with Gasteiger partial charge in [-0.05, 0) is 24.1 Å². The number of rotatable bonds is 6. The summed E-state index contributed by atoms with van der Waals surface area (Å²) < 4.78 is 24.1. The standard InChI is InChI=1S/C14H16N2O3S2/c1-11(17)16-13-4-2-12(3-5-13)9-21(18,19)7-6-14-8-15-10-20-14/h2-5,8,10H,6-7,9H2,1H3,(H,16,17). The van der Waals surface area contributed by atoms with Crippen molar-refractivity contribution in [2.75, 3.05) is 11.1 Å². The number of aryl methyl sites for hydroxylation is 1. The van der Waals surface area contributed by atoms with Gasteiger partial charge in [0.25, 0.3) is 0 Å². The van der Waals surface area contributed by atoms with Crippen molar-refractivity contribution < 1.29 is 13.2 Å². The third kappa shape index (κ3) is 5.28. The van der Waals surface area contributed by atoms with Gasteiger partial charge in [0.2, 0.25) is 5.91 Å². The Kier molecular flexibility index (Phi) is 5.08. The molecule has 112 valence electrons. The van der Waals surface area contributed by atoms with E-state index in [0.717, 1.165) is 4.88 Å². The molecule has 1 N–H and O–H groups in total. The van der Waals surface area contributed by atoms with Crippen LogP contribution < -0.4 is 5.32 Å². The summed E-state index contributed by atoms with van der Waals surface area (Å²) in [5.41, 5.74) is 3.07. The van der Waals surface area contributed by atoms with Crippen LogP contribution in [0.1, 0.15) is 17.4 Å². The molecule has 0 unspecified atom stereocenters. The summed E-state index contributed by atoms with van der Waals surface area (Å²) in [6, 6.07) is 6.84. The second-order valence-electron chi connectivity index (χ2n) is 4.69. The highest BCUT2D eigenvalue weighted by molar-refractivity contribution is 7.90. The number of anilines is 1. The van der Waals surface area contributed by atoms with E-state index in [1.54, 1.807) is 36.0 Å². The highest BCUT2D eigenvalue weighted by Gasteiger charge is 2.13. The zero-order chi connectivity index (χ0) is 15.3. The van der Waals surface area contributed by atoms with Crippen molar-refractivity contribution >= 4 is 32.8 Å². The van der Waals surface area contributed by atoms with E-state index in [2.05, 4.69) is 10.3 Å². The molecule has 0 fully saturated rings. The van der Waals surface area contributed by atoms with Crippen molar-refractivity contribution in [3.05, 3.63) is 46.4 Å². The maximum atomic E-state index is 12.1. The monoisotopic (exact) mass is 324 g/mol. The molecule has 0 atom stereocenters. The molecule has 1 heterocycles. The summed E-state index contributed by atoms with van der Waals surface area (Å²) in [5, 5.41) is 2.64. The van der Waals surface area contributed by atoms with Gasteiger partial charge < -0.3 is 5.32 Å². The van der Waals surface area contributed by atoms with Crippen molar-refractivity contribution in [2.24, 2.45) is 0 Å². The Morgan fingerprint density at radius 1 is 1.29 bits per heavy atom. The highest BCUT2D eigenvalue weighted by atomic mass is 32.2. The molecule has 0 aliphatic rings. The zero-order valence-corrected chi connectivity index (χ0v) is 13.2. The van der Waals surface area contributed by atoms with E-state index >= 15 is 0 Å². The third-order valence-electron chi connectivity index (χ3n) is 2.80. The van der Waals surface area contributed by atoms with E-state index in [1.165, 1.54) is 18.3 Å². The molecule has 1 aromatic carbocycles. The molecule has 2 rings (SSSR count). The topological polar surface area (TPSA) is 76.1 Å². The van der Waals surface area contributed by atoms with E-state index < -0.39 is 9.84 Å². The number of hydrogen-bond acceptors (Lipinski definition) is 5. The second kappa shape index (κ2) is 6.82. The van der Waals surface area contributed by atoms with Gasteiger partial charge in [0.15, 0.2) is 9.84 Å². The molecular formula is C14H16N2O3S2. The van der Waals surface area contributed by atoms with Crippen LogP contribution in [0, 0.1) is 0 Å². The van der Waals surface area contributed by atoms with Crippen LogP contribution in [0.2, 0.25) is 0 Å². The highest BCUT2D eigenvalue weighted by Crippen LogP contribution is 2.14. The Balaban J connectivity index is 1.94. The Labute approximate surface area is 128 Å². The number of carbonyl (C=O) groups excluding carboxylic acids is 1. The largest absolute Gasteiger partial charge is 0.326 e. The van der Waals surface area contributed by atoms with Crippen molar-refractivity contribution in [3.8, 4) is 0 Å². The molecule has 0 saturated heterocycles. The van der Waals surface area contributed by atoms with Crippen molar-refractivity contribution in [3.63, 3.8) is 0 Å². The number of benzene rings is 1. The number of thiazole rings is 1. The van der Waals surface area contributed by atoms with E-state index in [-0.39, 0.29) is 17.4 Å². The van der Waals surface area contributed by atoms with Crippen LogP contribution >= 0.6 is 11.3 Å². The Hall–Kier alpha value is -1.73. The van der Waals surface area contributed by atoms with Gasteiger partial charge in [-0.15, -0.1) is 11.3 Å². The first kappa shape index (κ1) is 15.7. The summed E-state index contributed by atoms with van der Waals surface area (Å²) in [6.45, 7) is 1.43. The SMILES string of the molecule is CC(=O)Nc1ccc(CS(=O)(=O)CCc2cncs2)cc1. The fourth-order valence-corrected chi connectivity index (χ4v) is 3.94. The molecule has 5 nitrogen and oxygen atoms in total. The number of sulfone groups is 1. The molecule has 0 radical (unpaired) electrons. The van der Waals surface area contributed by atoms with Gasteiger partial charge >= 0.3 is 0 Å². The number of nitrogens with one attached hydrogen (secondary N) is 1. The maximum absolute atomic E-state index is 12.1. The van der Waals surface area contributed by atoms with E-state index in [4.69, 9.17) is 0 Å². The van der Waals surface area contributed by atoms with E-state index in [1.807, 2.05) is 0 Å². The summed E-state index contributed by atoms with van der Waals surface area (Å²) in [5.74, 6) is -0.0330. The molecule has 0 saturated carbocycles. The van der Waals surface area contributed by atoms with Crippen LogP contribution in [0.4, 0.5) is 5.69 Å². The number of hydrogen-bond donors (Lipinski definition) is 1. The van der Waals surface area contributed by atoms with Crippen molar-refractivity contribution in [2.45, 2.75) is 19.1 Å². The Morgan fingerprint density at radius 3 is 2.57 bits per heavy atom. The molecule has 1 aromatic heterocycles. The lowest BCUT2D eigenvalue weighted by Gasteiger charge is -2.06. The quantitative estimate of drug-likeness (QED) is 0.884. The summed E-state index contributed by atoms with van der Waals surface area (Å²) in [4.78, 5) is 15.8. The van der Waals surface area contributed by atoms with Gasteiger partial charge in [-0.3, -0.25) is 9.78 Å². The minimum absolute atomic E-state index is 0.00611. The van der Waals surface area contributed by atoms with Gasteiger partial charge in [-0.2, -0.15) is 0 Å². The fourth-order valence-electron chi connectivity index (χ4n) is 1.84. The second-order valence-corrected chi connectivity index (χ2v) is 7.84. The smallest absolute Gasteiger partial charge is 0.221 e. The van der Waals surface area contributed by atoms with Gasteiger partial charge in [-0.1, -0.05) is 12.1 Å². The molecule has 21 heavy (non-hydrogen) atoms. The van der Waals surface area contributed by atoms with Crippen LogP contribution in [-0.4, -0.2) is 25.1 Å². The lowest BCUT2D eigenvalue weighted by atomic mass is 10.2. The normalized spacial score (nSPS) is 11.3. The van der Waals surface area contributed by atoms with Crippen LogP contribution in [-0.2, 0) is 26.8 Å². The maximum Gasteiger partial charge on any atom is 0.221 e. The number of aromatic nitrogens is 1. The van der Waals surface area contributed by atoms with Crippen LogP contribution in [0.5, 0.6) is 0 Å². The first-order valence-electron chi connectivity index (χ1n) is 6.39. The number of carbonyl (C=O) groups is 1. The Morgan fingerprint density at radius 2 is 2.00 bits per heavy atom. The average Bonchev–Trinajstić information content (AvgIpc) is 2.91. The first-order chi connectivity index (χ1) is 9.94. The molecule has 0 spiro atoms. The average molecular weight is 324 g/mol. The lowest BCUT2D eigenvalue weighted by Crippen LogP contribution is -2.11. The van der Waals surface area contributed by atoms with Crippen molar-refractivity contribution in [1.82, 2.24) is 4.98 Å². The van der Waals surface area contributed by atoms with Crippen molar-refractivity contribution in [1.29, 1.82) is 0 Å². The predicted octanol–water partition coefficient (Wildman–Crippen LogP) is 2.26. The Bertz CT molecular complexity index is 692. The molecule has 7 heteroatoms. The minimum Gasteiger partial charge on any atom is -0.326 e. The lowest BCUT2D eigenvalue weighted by molar-refractivity contribution is -0.114. The van der Waals surface area contributed by atoms with Crippen LogP contribution in [0.15, 0.2) is 36.0 Å². The first-order valence-corrected chi connectivity index (χ1v) is 9.09.